The van der Waals surface area contributed by atoms with Gasteiger partial charge < -0.3 is 15.5 Å². The molecule has 1 fully saturated rings. The van der Waals surface area contributed by atoms with E-state index in [-0.39, 0.29) is 19.0 Å². The summed E-state index contributed by atoms with van der Waals surface area (Å²) in [5.41, 5.74) is 0. The molecule has 0 aromatic carbocycles. The topological polar surface area (TPSA) is 89.9 Å². The van der Waals surface area contributed by atoms with Crippen LogP contribution < -0.4 is 5.32 Å². The molecule has 0 saturated carbocycles. The van der Waals surface area contributed by atoms with Gasteiger partial charge in [0.2, 0.25) is 0 Å². The third kappa shape index (κ3) is 3.31. The van der Waals surface area contributed by atoms with Crippen LogP contribution >= 0.6 is 0 Å². The van der Waals surface area contributed by atoms with Gasteiger partial charge in [-0.15, -0.1) is 0 Å². The number of nitrogens with zero attached hydrogens (tertiary/aromatic N) is 1. The van der Waals surface area contributed by atoms with Gasteiger partial charge in [-0.2, -0.15) is 0 Å². The first-order chi connectivity index (χ1) is 6.59. The van der Waals surface area contributed by atoms with Crippen molar-refractivity contribution in [1.82, 2.24) is 10.2 Å². The normalized spacial score (nSPS) is 23.3. The van der Waals surface area contributed by atoms with Gasteiger partial charge in [0.25, 0.3) is 0 Å². The summed E-state index contributed by atoms with van der Waals surface area (Å²) in [6, 6.07) is -0.211. The van der Waals surface area contributed by atoms with E-state index in [2.05, 4.69) is 5.32 Å². The van der Waals surface area contributed by atoms with E-state index in [9.17, 15) is 9.59 Å². The van der Waals surface area contributed by atoms with Crippen LogP contribution in [0.5, 0.6) is 0 Å². The van der Waals surface area contributed by atoms with Gasteiger partial charge in [0.15, 0.2) is 0 Å². The van der Waals surface area contributed by atoms with Crippen LogP contribution in [-0.2, 0) is 9.59 Å². The second-order valence-electron chi connectivity index (χ2n) is 3.32. The highest BCUT2D eigenvalue weighted by Gasteiger charge is 2.25. The maximum atomic E-state index is 10.5. The zero-order chi connectivity index (χ0) is 10.6. The van der Waals surface area contributed by atoms with Crippen molar-refractivity contribution in [1.29, 1.82) is 0 Å². The van der Waals surface area contributed by atoms with E-state index in [1.165, 1.54) is 0 Å². The molecule has 1 rings (SSSR count). The van der Waals surface area contributed by atoms with E-state index >= 15 is 0 Å². The second-order valence-corrected chi connectivity index (χ2v) is 3.32. The molecule has 1 aliphatic rings. The SMILES string of the molecule is O=C(O)CC1CNCCN1CC(=O)O. The average Bonchev–Trinajstić information content (AvgIpc) is 2.06. The summed E-state index contributed by atoms with van der Waals surface area (Å²) < 4.78 is 0. The minimum atomic E-state index is -0.915. The molecule has 1 unspecified atom stereocenters. The minimum Gasteiger partial charge on any atom is -0.481 e. The largest absolute Gasteiger partial charge is 0.481 e. The summed E-state index contributed by atoms with van der Waals surface area (Å²) in [5, 5.41) is 20.3. The maximum Gasteiger partial charge on any atom is 0.317 e. The molecular weight excluding hydrogens is 188 g/mol. The number of aliphatic carboxylic acids is 2. The van der Waals surface area contributed by atoms with Crippen LogP contribution in [0.15, 0.2) is 0 Å². The van der Waals surface area contributed by atoms with Gasteiger partial charge in [-0.05, 0) is 0 Å². The van der Waals surface area contributed by atoms with Crippen molar-refractivity contribution in [3.63, 3.8) is 0 Å². The number of hydrogen-bond donors (Lipinski definition) is 3. The van der Waals surface area contributed by atoms with Crippen LogP contribution in [-0.4, -0.2) is 59.3 Å². The van der Waals surface area contributed by atoms with Crippen molar-refractivity contribution in [2.45, 2.75) is 12.5 Å². The molecule has 1 aliphatic heterocycles. The highest BCUT2D eigenvalue weighted by Crippen LogP contribution is 2.06. The Morgan fingerprint density at radius 3 is 2.64 bits per heavy atom. The van der Waals surface area contributed by atoms with Gasteiger partial charge in [0.1, 0.15) is 0 Å². The Hall–Kier alpha value is -1.14. The molecule has 0 bridgehead atoms. The molecule has 0 aliphatic carbocycles. The van der Waals surface area contributed by atoms with E-state index in [4.69, 9.17) is 10.2 Å². The number of carbonyl (C=O) groups is 2. The fraction of sp³-hybridized carbons (Fsp3) is 0.750. The fourth-order valence-corrected chi connectivity index (χ4v) is 1.59. The van der Waals surface area contributed by atoms with E-state index in [1.54, 1.807) is 4.90 Å². The number of nitrogens with one attached hydrogen (secondary N) is 1. The first kappa shape index (κ1) is 10.9. The molecule has 0 radical (unpaired) electrons. The van der Waals surface area contributed by atoms with E-state index in [0.29, 0.717) is 19.6 Å². The Morgan fingerprint density at radius 2 is 2.07 bits per heavy atom. The van der Waals surface area contributed by atoms with Crippen LogP contribution in [0.4, 0.5) is 0 Å². The molecule has 3 N–H and O–H groups in total. The van der Waals surface area contributed by atoms with Crippen molar-refractivity contribution in [2.24, 2.45) is 0 Å². The molecule has 1 heterocycles. The number of rotatable bonds is 4. The quantitative estimate of drug-likeness (QED) is 0.531. The minimum absolute atomic E-state index is 0.0136. The number of carboxylic acid groups (broad SMARTS) is 2. The first-order valence-electron chi connectivity index (χ1n) is 4.48. The summed E-state index contributed by atoms with van der Waals surface area (Å²) in [6.07, 6.45) is -0.0136. The van der Waals surface area contributed by atoms with Crippen molar-refractivity contribution < 1.29 is 19.8 Å². The summed E-state index contributed by atoms with van der Waals surface area (Å²) in [7, 11) is 0. The Morgan fingerprint density at radius 1 is 1.36 bits per heavy atom. The lowest BCUT2D eigenvalue weighted by molar-refractivity contribution is -0.143. The van der Waals surface area contributed by atoms with Crippen LogP contribution in [0.1, 0.15) is 6.42 Å². The molecule has 0 aromatic rings. The Balaban J connectivity index is 2.49. The Labute approximate surface area is 81.5 Å². The second kappa shape index (κ2) is 4.92. The van der Waals surface area contributed by atoms with E-state index < -0.39 is 11.9 Å². The predicted molar refractivity (Wildman–Crippen MR) is 48.1 cm³/mol. The van der Waals surface area contributed by atoms with Crippen LogP contribution in [0, 0.1) is 0 Å². The molecule has 80 valence electrons. The summed E-state index contributed by atoms with van der Waals surface area (Å²) in [6.45, 7) is 1.76. The summed E-state index contributed by atoms with van der Waals surface area (Å²) >= 11 is 0. The summed E-state index contributed by atoms with van der Waals surface area (Å²) in [5.74, 6) is -1.81. The predicted octanol–water partition coefficient (Wildman–Crippen LogP) is -1.18. The lowest BCUT2D eigenvalue weighted by Gasteiger charge is -2.33. The number of hydrogen-bond acceptors (Lipinski definition) is 4. The van der Waals surface area contributed by atoms with E-state index in [0.717, 1.165) is 0 Å². The first-order valence-corrected chi connectivity index (χ1v) is 4.48. The van der Waals surface area contributed by atoms with Crippen LogP contribution in [0.25, 0.3) is 0 Å². The molecule has 14 heavy (non-hydrogen) atoms. The molecule has 0 spiro atoms. The fourth-order valence-electron chi connectivity index (χ4n) is 1.59. The Kier molecular flexibility index (Phi) is 3.84. The number of piperazine rings is 1. The number of carboxylic acids is 2. The molecular formula is C8H14N2O4. The highest BCUT2D eigenvalue weighted by atomic mass is 16.4. The van der Waals surface area contributed by atoms with Crippen LogP contribution in [0.3, 0.4) is 0 Å². The molecule has 0 amide bonds. The molecule has 6 nitrogen and oxygen atoms in total. The van der Waals surface area contributed by atoms with Crippen molar-refractivity contribution in [3.8, 4) is 0 Å². The maximum absolute atomic E-state index is 10.5. The lowest BCUT2D eigenvalue weighted by atomic mass is 10.1. The van der Waals surface area contributed by atoms with Crippen molar-refractivity contribution in [3.05, 3.63) is 0 Å². The molecule has 1 saturated heterocycles. The standard InChI is InChI=1S/C8H14N2O4/c11-7(12)3-6-4-9-1-2-10(6)5-8(13)14/h6,9H,1-5H2,(H,11,12)(H,13,14). The van der Waals surface area contributed by atoms with Crippen LogP contribution in [0.2, 0.25) is 0 Å². The zero-order valence-corrected chi connectivity index (χ0v) is 7.77. The van der Waals surface area contributed by atoms with E-state index in [1.807, 2.05) is 0 Å². The summed E-state index contributed by atoms with van der Waals surface area (Å²) in [4.78, 5) is 22.7. The third-order valence-electron chi connectivity index (χ3n) is 2.22. The smallest absolute Gasteiger partial charge is 0.317 e. The monoisotopic (exact) mass is 202 g/mol. The highest BCUT2D eigenvalue weighted by molar-refractivity contribution is 5.70. The third-order valence-corrected chi connectivity index (χ3v) is 2.22. The van der Waals surface area contributed by atoms with Gasteiger partial charge in [-0.1, -0.05) is 0 Å². The van der Waals surface area contributed by atoms with Gasteiger partial charge in [-0.3, -0.25) is 14.5 Å². The lowest BCUT2D eigenvalue weighted by Crippen LogP contribution is -2.53. The van der Waals surface area contributed by atoms with Crippen molar-refractivity contribution in [2.75, 3.05) is 26.2 Å². The van der Waals surface area contributed by atoms with Gasteiger partial charge >= 0.3 is 11.9 Å². The van der Waals surface area contributed by atoms with Gasteiger partial charge in [0, 0.05) is 25.7 Å². The van der Waals surface area contributed by atoms with Gasteiger partial charge in [-0.25, -0.2) is 0 Å². The van der Waals surface area contributed by atoms with Crippen molar-refractivity contribution >= 4 is 11.9 Å². The molecule has 1 atom stereocenters. The molecule has 0 aromatic heterocycles. The average molecular weight is 202 g/mol. The zero-order valence-electron chi connectivity index (χ0n) is 7.77. The Bertz CT molecular complexity index is 207. The molecule has 6 heteroatoms. The van der Waals surface area contributed by atoms with Gasteiger partial charge in [0.05, 0.1) is 13.0 Å².